The third kappa shape index (κ3) is 3.16. The number of ketones is 1. The second-order valence-electron chi connectivity index (χ2n) is 7.48. The van der Waals surface area contributed by atoms with Gasteiger partial charge >= 0.3 is 0 Å². The molecule has 146 valence electrons. The van der Waals surface area contributed by atoms with Crippen molar-refractivity contribution in [1.29, 1.82) is 0 Å². The first-order valence-electron chi connectivity index (χ1n) is 9.52. The molecule has 0 radical (unpaired) electrons. The molecule has 1 saturated carbocycles. The minimum atomic E-state index is -3.82. The summed E-state index contributed by atoms with van der Waals surface area (Å²) in [7, 11) is -3.82. The fourth-order valence-electron chi connectivity index (χ4n) is 4.03. The molecule has 0 aliphatic heterocycles. The molecule has 0 saturated heterocycles. The van der Waals surface area contributed by atoms with Gasteiger partial charge in [0, 0.05) is 29.5 Å². The minimum Gasteiger partial charge on any atom is -0.388 e. The molecule has 5 nitrogen and oxygen atoms in total. The van der Waals surface area contributed by atoms with Crippen molar-refractivity contribution in [2.75, 3.05) is 0 Å². The van der Waals surface area contributed by atoms with Gasteiger partial charge in [0.1, 0.15) is 5.78 Å². The van der Waals surface area contributed by atoms with Gasteiger partial charge in [-0.25, -0.2) is 12.4 Å². The van der Waals surface area contributed by atoms with E-state index >= 15 is 0 Å². The molecule has 1 heterocycles. The Morgan fingerprint density at radius 1 is 1.11 bits per heavy atom. The number of nitrogens with zero attached hydrogens (tertiary/aromatic N) is 1. The fraction of sp³-hybridized carbons (Fsp3) is 0.318. The molecule has 1 aromatic heterocycles. The van der Waals surface area contributed by atoms with Gasteiger partial charge in [0.2, 0.25) is 0 Å². The number of fused-ring (bicyclic) bond motifs is 1. The van der Waals surface area contributed by atoms with Gasteiger partial charge in [-0.15, -0.1) is 0 Å². The highest BCUT2D eigenvalue weighted by Gasteiger charge is 2.33. The van der Waals surface area contributed by atoms with E-state index < -0.39 is 22.0 Å². The molecule has 4 rings (SSSR count). The number of rotatable bonds is 4. The van der Waals surface area contributed by atoms with Crippen LogP contribution in [0.5, 0.6) is 0 Å². The van der Waals surface area contributed by atoms with Crippen molar-refractivity contribution in [2.24, 2.45) is 5.92 Å². The van der Waals surface area contributed by atoms with Crippen molar-refractivity contribution in [3.05, 3.63) is 65.9 Å². The minimum absolute atomic E-state index is 0.0534. The third-order valence-electron chi connectivity index (χ3n) is 5.56. The first-order valence-corrected chi connectivity index (χ1v) is 11.0. The lowest BCUT2D eigenvalue weighted by molar-refractivity contribution is -0.128. The van der Waals surface area contributed by atoms with Gasteiger partial charge in [-0.2, -0.15) is 0 Å². The largest absolute Gasteiger partial charge is 0.388 e. The fourth-order valence-corrected chi connectivity index (χ4v) is 5.43. The van der Waals surface area contributed by atoms with E-state index in [1.807, 2.05) is 19.1 Å². The molecule has 1 aliphatic rings. The third-order valence-corrected chi connectivity index (χ3v) is 7.25. The molecule has 28 heavy (non-hydrogen) atoms. The van der Waals surface area contributed by atoms with Crippen LogP contribution >= 0.6 is 0 Å². The van der Waals surface area contributed by atoms with Crippen LogP contribution in [-0.4, -0.2) is 23.3 Å². The lowest BCUT2D eigenvalue weighted by Gasteiger charge is -2.25. The quantitative estimate of drug-likeness (QED) is 0.722. The highest BCUT2D eigenvalue weighted by Crippen LogP contribution is 2.37. The summed E-state index contributed by atoms with van der Waals surface area (Å²) in [6.07, 6.45) is 3.33. The normalized spacial score (nSPS) is 19.1. The average Bonchev–Trinajstić information content (AvgIpc) is 3.08. The standard InChI is InChI=1S/C22H23NO4S/c1-15-11-12-17-19(22(25)18-9-5-6-10-21(18)24)14-23(20(17)13-15)28(26,27)16-7-3-2-4-8-16/h2-4,7-8,11-14,18,22,25H,5-6,9-10H2,1H3/t18-,22-/m1/s1. The molecule has 2 aromatic carbocycles. The lowest BCUT2D eigenvalue weighted by Crippen LogP contribution is -2.25. The van der Waals surface area contributed by atoms with Crippen LogP contribution in [-0.2, 0) is 14.8 Å². The molecule has 0 unspecified atom stereocenters. The molecule has 1 N–H and O–H groups in total. The number of benzene rings is 2. The summed E-state index contributed by atoms with van der Waals surface area (Å²) >= 11 is 0. The summed E-state index contributed by atoms with van der Waals surface area (Å²) in [5.74, 6) is -0.425. The van der Waals surface area contributed by atoms with Crippen molar-refractivity contribution in [1.82, 2.24) is 3.97 Å². The summed E-state index contributed by atoms with van der Waals surface area (Å²) < 4.78 is 27.7. The number of Topliss-reactive ketones (excluding diaryl/α,β-unsaturated/α-hetero) is 1. The van der Waals surface area contributed by atoms with E-state index in [0.717, 1.165) is 18.4 Å². The first-order chi connectivity index (χ1) is 13.4. The van der Waals surface area contributed by atoms with Crippen molar-refractivity contribution < 1.29 is 18.3 Å². The van der Waals surface area contributed by atoms with Crippen LogP contribution in [0.1, 0.15) is 42.9 Å². The predicted octanol–water partition coefficient (Wildman–Crippen LogP) is 3.98. The van der Waals surface area contributed by atoms with Crippen LogP contribution in [0.25, 0.3) is 10.9 Å². The van der Waals surface area contributed by atoms with E-state index in [4.69, 9.17) is 0 Å². The SMILES string of the molecule is Cc1ccc2c([C@H](O)[C@@H]3CCCCC3=O)cn(S(=O)(=O)c3ccccc3)c2c1. The Morgan fingerprint density at radius 3 is 2.57 bits per heavy atom. The van der Waals surface area contributed by atoms with E-state index in [1.54, 1.807) is 36.4 Å². The lowest BCUT2D eigenvalue weighted by atomic mass is 9.81. The van der Waals surface area contributed by atoms with E-state index in [-0.39, 0.29) is 10.7 Å². The Bertz CT molecular complexity index is 1130. The highest BCUT2D eigenvalue weighted by atomic mass is 32.2. The van der Waals surface area contributed by atoms with E-state index in [9.17, 15) is 18.3 Å². The first kappa shape index (κ1) is 18.9. The zero-order chi connectivity index (χ0) is 19.9. The van der Waals surface area contributed by atoms with E-state index in [1.165, 1.54) is 10.2 Å². The molecule has 0 bridgehead atoms. The zero-order valence-electron chi connectivity index (χ0n) is 15.7. The van der Waals surface area contributed by atoms with Crippen LogP contribution < -0.4 is 0 Å². The zero-order valence-corrected chi connectivity index (χ0v) is 16.5. The number of carbonyl (C=O) groups excluding carboxylic acids is 1. The monoisotopic (exact) mass is 397 g/mol. The average molecular weight is 397 g/mol. The van der Waals surface area contributed by atoms with Crippen LogP contribution in [0, 0.1) is 12.8 Å². The Balaban J connectivity index is 1.89. The van der Waals surface area contributed by atoms with E-state index in [2.05, 4.69) is 0 Å². The van der Waals surface area contributed by atoms with Gasteiger partial charge in [0.15, 0.2) is 0 Å². The van der Waals surface area contributed by atoms with Crippen molar-refractivity contribution >= 4 is 26.7 Å². The number of aromatic nitrogens is 1. The van der Waals surface area contributed by atoms with Crippen molar-refractivity contribution in [3.63, 3.8) is 0 Å². The molecule has 1 aliphatic carbocycles. The Kier molecular flexibility index (Phi) is 4.85. The highest BCUT2D eigenvalue weighted by molar-refractivity contribution is 7.90. The molecule has 6 heteroatoms. The van der Waals surface area contributed by atoms with Crippen LogP contribution in [0.3, 0.4) is 0 Å². The summed E-state index contributed by atoms with van der Waals surface area (Å²) in [5, 5.41) is 11.7. The van der Waals surface area contributed by atoms with Crippen LogP contribution in [0.2, 0.25) is 0 Å². The summed E-state index contributed by atoms with van der Waals surface area (Å²) in [5.41, 5.74) is 1.93. The number of aliphatic hydroxyl groups is 1. The molecule has 0 amide bonds. The molecular formula is C22H23NO4S. The maximum atomic E-state index is 13.3. The maximum absolute atomic E-state index is 13.3. The summed E-state index contributed by atoms with van der Waals surface area (Å²) in [6, 6.07) is 13.7. The molecular weight excluding hydrogens is 374 g/mol. The predicted molar refractivity (Wildman–Crippen MR) is 108 cm³/mol. The Morgan fingerprint density at radius 2 is 1.86 bits per heavy atom. The van der Waals surface area contributed by atoms with Gasteiger partial charge < -0.3 is 5.11 Å². The topological polar surface area (TPSA) is 76.4 Å². The molecule has 2 atom stereocenters. The van der Waals surface area contributed by atoms with Gasteiger partial charge in [-0.1, -0.05) is 36.8 Å². The van der Waals surface area contributed by atoms with Crippen LogP contribution in [0.15, 0.2) is 59.6 Å². The van der Waals surface area contributed by atoms with Crippen molar-refractivity contribution in [3.8, 4) is 0 Å². The number of aryl methyl sites for hydroxylation is 1. The van der Waals surface area contributed by atoms with Gasteiger partial charge in [-0.3, -0.25) is 4.79 Å². The number of carbonyl (C=O) groups is 1. The smallest absolute Gasteiger partial charge is 0.268 e. The summed E-state index contributed by atoms with van der Waals surface area (Å²) in [6.45, 7) is 1.90. The summed E-state index contributed by atoms with van der Waals surface area (Å²) in [4.78, 5) is 12.5. The van der Waals surface area contributed by atoms with Gasteiger partial charge in [-0.05, 0) is 43.5 Å². The molecule has 0 spiro atoms. The van der Waals surface area contributed by atoms with E-state index in [0.29, 0.717) is 29.3 Å². The molecule has 3 aromatic rings. The second kappa shape index (κ2) is 7.18. The number of aliphatic hydroxyl groups excluding tert-OH is 1. The second-order valence-corrected chi connectivity index (χ2v) is 9.30. The van der Waals surface area contributed by atoms with Crippen LogP contribution in [0.4, 0.5) is 0 Å². The Hall–Kier alpha value is -2.44. The Labute approximate surface area is 164 Å². The van der Waals surface area contributed by atoms with Crippen molar-refractivity contribution in [2.45, 2.75) is 43.6 Å². The van der Waals surface area contributed by atoms with Gasteiger partial charge in [0.05, 0.1) is 16.5 Å². The number of hydrogen-bond donors (Lipinski definition) is 1. The maximum Gasteiger partial charge on any atom is 0.268 e. The number of hydrogen-bond acceptors (Lipinski definition) is 4. The molecule has 1 fully saturated rings. The van der Waals surface area contributed by atoms with Gasteiger partial charge in [0.25, 0.3) is 10.0 Å².